The van der Waals surface area contributed by atoms with Crippen molar-refractivity contribution in [3.05, 3.63) is 59.7 Å². The molecule has 2 aromatic carbocycles. The van der Waals surface area contributed by atoms with Crippen LogP contribution in [0.4, 0.5) is 11.4 Å². The van der Waals surface area contributed by atoms with Gasteiger partial charge in [-0.2, -0.15) is 5.10 Å². The monoisotopic (exact) mass is 623 g/mol. The van der Waals surface area contributed by atoms with E-state index < -0.39 is 0 Å². The number of amides is 2. The van der Waals surface area contributed by atoms with Gasteiger partial charge in [-0.1, -0.05) is 42.4 Å². The van der Waals surface area contributed by atoms with Crippen molar-refractivity contribution < 1.29 is 9.59 Å². The van der Waals surface area contributed by atoms with Crippen LogP contribution in [0.15, 0.2) is 63.8 Å². The molecule has 1 aliphatic carbocycles. The maximum atomic E-state index is 12.7. The summed E-state index contributed by atoms with van der Waals surface area (Å²) in [6.07, 6.45) is 4.43. The van der Waals surface area contributed by atoms with Crippen LogP contribution in [0, 0.1) is 5.92 Å². The molecule has 0 saturated heterocycles. The van der Waals surface area contributed by atoms with Crippen molar-refractivity contribution in [2.45, 2.75) is 58.4 Å². The van der Waals surface area contributed by atoms with Crippen LogP contribution in [-0.2, 0) is 22.4 Å². The molecule has 2 atom stereocenters. The molecule has 0 aromatic heterocycles. The van der Waals surface area contributed by atoms with E-state index >= 15 is 0 Å². The van der Waals surface area contributed by atoms with Crippen molar-refractivity contribution in [1.82, 2.24) is 20.6 Å². The van der Waals surface area contributed by atoms with Crippen molar-refractivity contribution in [3.8, 4) is 0 Å². The summed E-state index contributed by atoms with van der Waals surface area (Å²) in [4.78, 5) is 25.3. The van der Waals surface area contributed by atoms with Crippen molar-refractivity contribution in [2.75, 3.05) is 29.6 Å². The zero-order valence-electron chi connectivity index (χ0n) is 24.8. The van der Waals surface area contributed by atoms with Gasteiger partial charge in [0.05, 0.1) is 18.7 Å². The van der Waals surface area contributed by atoms with Gasteiger partial charge in [0.15, 0.2) is 0 Å². The molecule has 4 rings (SSSR count). The molecule has 0 spiro atoms. The second kappa shape index (κ2) is 16.9. The predicted octanol–water partition coefficient (Wildman–Crippen LogP) is 4.57. The molecule has 1 heterocycles. The van der Waals surface area contributed by atoms with Crippen LogP contribution in [-0.4, -0.2) is 58.2 Å². The summed E-state index contributed by atoms with van der Waals surface area (Å²) >= 11 is 2.90. The summed E-state index contributed by atoms with van der Waals surface area (Å²) in [5, 5.41) is 26.3. The average Bonchev–Trinajstić information content (AvgIpc) is 3.46. The molecule has 0 radical (unpaired) electrons. The van der Waals surface area contributed by atoms with Gasteiger partial charge in [-0.25, -0.2) is 5.53 Å². The van der Waals surface area contributed by atoms with E-state index in [9.17, 15) is 9.59 Å². The van der Waals surface area contributed by atoms with E-state index in [2.05, 4.69) is 48.8 Å². The Morgan fingerprint density at radius 2 is 1.72 bits per heavy atom. The van der Waals surface area contributed by atoms with Crippen LogP contribution in [0.2, 0.25) is 0 Å². The number of benzene rings is 2. The zero-order chi connectivity index (χ0) is 30.4. The minimum atomic E-state index is -0.111. The molecule has 0 bridgehead atoms. The van der Waals surface area contributed by atoms with Crippen molar-refractivity contribution in [3.63, 3.8) is 0 Å². The van der Waals surface area contributed by atoms with Gasteiger partial charge in [-0.05, 0) is 68.5 Å². The van der Waals surface area contributed by atoms with Crippen LogP contribution < -0.4 is 26.8 Å². The van der Waals surface area contributed by atoms with Crippen molar-refractivity contribution >= 4 is 63.8 Å². The molecule has 230 valence electrons. The van der Waals surface area contributed by atoms with Crippen LogP contribution in [0.5, 0.6) is 0 Å². The van der Waals surface area contributed by atoms with Crippen LogP contribution in [0.25, 0.3) is 0 Å². The molecule has 5 N–H and O–H groups in total. The largest absolute Gasteiger partial charge is 0.385 e. The minimum absolute atomic E-state index is 0.0386. The van der Waals surface area contributed by atoms with Crippen molar-refractivity contribution in [2.24, 2.45) is 21.2 Å². The summed E-state index contributed by atoms with van der Waals surface area (Å²) < 4.78 is 2.00. The summed E-state index contributed by atoms with van der Waals surface area (Å²) in [7, 11) is 0. The quantitative estimate of drug-likeness (QED) is 0.0720. The average molecular weight is 624 g/mol. The molecule has 11 nitrogen and oxygen atoms in total. The fourth-order valence-electron chi connectivity index (χ4n) is 5.11. The molecule has 2 aliphatic rings. The van der Waals surface area contributed by atoms with Gasteiger partial charge in [0.1, 0.15) is 5.04 Å². The molecule has 1 fully saturated rings. The van der Waals surface area contributed by atoms with Gasteiger partial charge in [-0.15, -0.1) is 14.6 Å². The number of carbonyl (C=O) groups excluding carboxylic acids is 2. The highest BCUT2D eigenvalue weighted by molar-refractivity contribution is 8.14. The molecular weight excluding hydrogens is 583 g/mol. The Kier molecular flexibility index (Phi) is 12.7. The maximum Gasteiger partial charge on any atom is 0.230 e. The third-order valence-electron chi connectivity index (χ3n) is 7.01. The number of nitrogens with one attached hydrogen (secondary N) is 5. The van der Waals surface area contributed by atoms with Gasteiger partial charge in [0.25, 0.3) is 0 Å². The highest BCUT2D eigenvalue weighted by atomic mass is 32.2. The first-order chi connectivity index (χ1) is 21.0. The molecule has 43 heavy (non-hydrogen) atoms. The Morgan fingerprint density at radius 1 is 1.05 bits per heavy atom. The van der Waals surface area contributed by atoms with Gasteiger partial charge in [0.2, 0.25) is 17.0 Å². The zero-order valence-corrected chi connectivity index (χ0v) is 26.4. The number of amidine groups is 1. The van der Waals surface area contributed by atoms with Gasteiger partial charge in [-0.3, -0.25) is 9.59 Å². The Hall–Kier alpha value is -3.55. The molecule has 1 aliphatic heterocycles. The van der Waals surface area contributed by atoms with Crippen LogP contribution >= 0.6 is 23.7 Å². The SMILES string of the molecule is C=N/N=C(\SCNC(=O)Cc1cccc(NCC)c1)C1CCC[C@H](N2NN=C(NC(=O)Cc3cccc(NCC)c3)S2)C1. The number of carbonyl (C=O) groups is 2. The lowest BCUT2D eigenvalue weighted by Gasteiger charge is -2.33. The Morgan fingerprint density at radius 3 is 2.37 bits per heavy atom. The highest BCUT2D eigenvalue weighted by Gasteiger charge is 2.33. The lowest BCUT2D eigenvalue weighted by Crippen LogP contribution is -2.40. The molecule has 2 amide bonds. The topological polar surface area (TPSA) is 135 Å². The van der Waals surface area contributed by atoms with Gasteiger partial charge < -0.3 is 21.3 Å². The smallest absolute Gasteiger partial charge is 0.230 e. The van der Waals surface area contributed by atoms with E-state index in [0.717, 1.165) is 66.3 Å². The van der Waals surface area contributed by atoms with Crippen molar-refractivity contribution in [1.29, 1.82) is 0 Å². The second-order valence-corrected chi connectivity index (χ2v) is 12.2. The maximum absolute atomic E-state index is 12.7. The first-order valence-electron chi connectivity index (χ1n) is 14.7. The van der Waals surface area contributed by atoms with Gasteiger partial charge >= 0.3 is 0 Å². The number of rotatable bonds is 13. The van der Waals surface area contributed by atoms with Crippen LogP contribution in [0.1, 0.15) is 50.7 Å². The summed E-state index contributed by atoms with van der Waals surface area (Å²) in [5.41, 5.74) is 6.99. The standard InChI is InChI=1S/C30H41N9O2S2/c1-4-32-24-12-6-9-21(15-24)17-27(40)34-20-42-29(36-31-3)23-11-8-14-26(19-23)39-38-37-30(43-39)35-28(41)18-22-10-7-13-25(16-22)33-5-2/h6-7,9-10,12-13,15-16,23,26,32-33,38H,3-5,8,11,14,17-20H2,1-2H3,(H,34,40)(H,35,37,41)/b36-29-/t23?,26-/m0/s1. The van der Waals surface area contributed by atoms with E-state index in [1.54, 1.807) is 0 Å². The molecule has 2 aromatic rings. The minimum Gasteiger partial charge on any atom is -0.385 e. The Bertz CT molecular complexity index is 1320. The van der Waals surface area contributed by atoms with E-state index in [4.69, 9.17) is 0 Å². The first kappa shape index (κ1) is 32.4. The number of nitrogens with zero attached hydrogens (tertiary/aromatic N) is 4. The summed E-state index contributed by atoms with van der Waals surface area (Å²) in [6, 6.07) is 16.0. The Balaban J connectivity index is 1.22. The number of hydrazine groups is 1. The fourth-order valence-corrected chi connectivity index (χ4v) is 6.91. The Labute approximate surface area is 262 Å². The lowest BCUT2D eigenvalue weighted by molar-refractivity contribution is -0.120. The number of anilines is 2. The number of hydrogen-bond acceptors (Lipinski definition) is 11. The number of hydrogen-bond donors (Lipinski definition) is 5. The lowest BCUT2D eigenvalue weighted by atomic mass is 9.86. The van der Waals surface area contributed by atoms with E-state index in [1.165, 1.54) is 23.7 Å². The summed E-state index contributed by atoms with van der Waals surface area (Å²) in [6.45, 7) is 9.30. The number of thioether (sulfide) groups is 1. The molecular formula is C30H41N9O2S2. The molecule has 1 unspecified atom stereocenters. The van der Waals surface area contributed by atoms with E-state index in [1.807, 2.05) is 66.8 Å². The van der Waals surface area contributed by atoms with Gasteiger partial charge in [0, 0.05) is 55.1 Å². The summed E-state index contributed by atoms with van der Waals surface area (Å²) in [5.74, 6) is 0.450. The first-order valence-corrected chi connectivity index (χ1v) is 16.4. The molecule has 1 saturated carbocycles. The van der Waals surface area contributed by atoms with E-state index in [-0.39, 0.29) is 30.2 Å². The fraction of sp³-hybridized carbons (Fsp3) is 0.433. The number of hydrazone groups is 1. The molecule has 13 heteroatoms. The second-order valence-electron chi connectivity index (χ2n) is 10.3. The third kappa shape index (κ3) is 10.3. The highest BCUT2D eigenvalue weighted by Crippen LogP contribution is 2.34. The van der Waals surface area contributed by atoms with Crippen LogP contribution in [0.3, 0.4) is 0 Å². The predicted molar refractivity (Wildman–Crippen MR) is 180 cm³/mol. The van der Waals surface area contributed by atoms with E-state index in [0.29, 0.717) is 17.5 Å². The third-order valence-corrected chi connectivity index (χ3v) is 8.95. The normalized spacial score (nSPS) is 18.7.